The molecule has 2 aromatic carbocycles. The maximum absolute atomic E-state index is 12.3. The average Bonchev–Trinajstić information content (AvgIpc) is 2.41. The summed E-state index contributed by atoms with van der Waals surface area (Å²) in [5, 5.41) is 3.20. The Kier molecular flexibility index (Phi) is 4.98. The van der Waals surface area contributed by atoms with Crippen LogP contribution in [0.25, 0.3) is 0 Å². The first-order valence-electron chi connectivity index (χ1n) is 6.25. The number of benzene rings is 2. The molecule has 0 aromatic heterocycles. The smallest absolute Gasteiger partial charge is 0.237 e. The molecular formula is C15H15ClN2O2S. The van der Waals surface area contributed by atoms with Crippen LogP contribution in [0.1, 0.15) is 5.56 Å². The van der Waals surface area contributed by atoms with Crippen LogP contribution in [-0.4, -0.2) is 15.9 Å². The van der Waals surface area contributed by atoms with Crippen molar-refractivity contribution >= 4 is 39.7 Å². The van der Waals surface area contributed by atoms with Crippen LogP contribution in [0.2, 0.25) is 5.02 Å². The van der Waals surface area contributed by atoms with Crippen molar-refractivity contribution in [2.24, 2.45) is 0 Å². The lowest BCUT2D eigenvalue weighted by Crippen LogP contribution is -2.20. The van der Waals surface area contributed by atoms with Gasteiger partial charge in [-0.3, -0.25) is 9.00 Å². The van der Waals surface area contributed by atoms with Crippen LogP contribution in [0.4, 0.5) is 11.4 Å². The van der Waals surface area contributed by atoms with E-state index in [0.717, 1.165) is 5.56 Å². The van der Waals surface area contributed by atoms with Crippen LogP contribution in [0.15, 0.2) is 47.4 Å². The quantitative estimate of drug-likeness (QED) is 0.850. The highest BCUT2D eigenvalue weighted by Crippen LogP contribution is 2.18. The highest BCUT2D eigenvalue weighted by Gasteiger charge is 2.13. The van der Waals surface area contributed by atoms with Gasteiger partial charge in [0.2, 0.25) is 5.91 Å². The number of nitrogens with two attached hydrogens (primary N) is 1. The third-order valence-electron chi connectivity index (χ3n) is 2.83. The fraction of sp³-hybridized carbons (Fsp3) is 0.133. The van der Waals surface area contributed by atoms with E-state index in [1.54, 1.807) is 42.5 Å². The molecule has 2 rings (SSSR count). The zero-order valence-corrected chi connectivity index (χ0v) is 13.0. The fourth-order valence-corrected chi connectivity index (χ4v) is 3.17. The molecule has 21 heavy (non-hydrogen) atoms. The molecule has 0 bridgehead atoms. The molecule has 1 amide bonds. The van der Waals surface area contributed by atoms with Gasteiger partial charge >= 0.3 is 0 Å². The first-order valence-corrected chi connectivity index (χ1v) is 7.95. The molecule has 1 unspecified atom stereocenters. The minimum absolute atomic E-state index is 0.128. The molecule has 110 valence electrons. The minimum atomic E-state index is -1.44. The summed E-state index contributed by atoms with van der Waals surface area (Å²) in [6.07, 6.45) is 0. The van der Waals surface area contributed by atoms with Gasteiger partial charge < -0.3 is 11.1 Å². The Morgan fingerprint density at radius 1 is 1.29 bits per heavy atom. The molecule has 4 nitrogen and oxygen atoms in total. The van der Waals surface area contributed by atoms with Gasteiger partial charge in [0.25, 0.3) is 0 Å². The van der Waals surface area contributed by atoms with Crippen molar-refractivity contribution in [3.05, 3.63) is 53.1 Å². The van der Waals surface area contributed by atoms with E-state index in [9.17, 15) is 9.00 Å². The number of hydrogen-bond acceptors (Lipinski definition) is 3. The second kappa shape index (κ2) is 6.74. The molecular weight excluding hydrogens is 308 g/mol. The lowest BCUT2D eigenvalue weighted by atomic mass is 10.2. The maximum atomic E-state index is 12.3. The van der Waals surface area contributed by atoms with E-state index in [-0.39, 0.29) is 11.7 Å². The van der Waals surface area contributed by atoms with Gasteiger partial charge in [-0.05, 0) is 42.8 Å². The van der Waals surface area contributed by atoms with E-state index < -0.39 is 10.8 Å². The third kappa shape index (κ3) is 4.31. The predicted molar refractivity (Wildman–Crippen MR) is 86.9 cm³/mol. The summed E-state index contributed by atoms with van der Waals surface area (Å²) >= 11 is 5.84. The summed E-state index contributed by atoms with van der Waals surface area (Å²) in [4.78, 5) is 12.5. The Morgan fingerprint density at radius 2 is 2.05 bits per heavy atom. The van der Waals surface area contributed by atoms with Crippen molar-refractivity contribution in [3.63, 3.8) is 0 Å². The Morgan fingerprint density at radius 3 is 2.76 bits per heavy atom. The minimum Gasteiger partial charge on any atom is -0.399 e. The van der Waals surface area contributed by atoms with E-state index >= 15 is 0 Å². The number of amides is 1. The predicted octanol–water partition coefficient (Wildman–Crippen LogP) is 2.98. The van der Waals surface area contributed by atoms with Gasteiger partial charge in [-0.15, -0.1) is 0 Å². The van der Waals surface area contributed by atoms with Gasteiger partial charge in [-0.25, -0.2) is 0 Å². The van der Waals surface area contributed by atoms with Crippen molar-refractivity contribution < 1.29 is 9.00 Å². The Bertz CT molecular complexity index is 704. The number of hydrogen-bond donors (Lipinski definition) is 2. The van der Waals surface area contributed by atoms with Crippen molar-refractivity contribution in [1.29, 1.82) is 0 Å². The molecule has 0 aliphatic heterocycles. The fourth-order valence-electron chi connectivity index (χ4n) is 1.82. The molecule has 0 spiro atoms. The van der Waals surface area contributed by atoms with Crippen molar-refractivity contribution in [2.75, 3.05) is 16.8 Å². The highest BCUT2D eigenvalue weighted by molar-refractivity contribution is 7.85. The summed E-state index contributed by atoms with van der Waals surface area (Å²) in [6.45, 7) is 1.83. The van der Waals surface area contributed by atoms with E-state index in [0.29, 0.717) is 21.3 Å². The molecule has 2 aromatic rings. The molecule has 0 aliphatic carbocycles. The maximum Gasteiger partial charge on any atom is 0.237 e. The van der Waals surface area contributed by atoms with Crippen molar-refractivity contribution in [3.8, 4) is 0 Å². The van der Waals surface area contributed by atoms with Gasteiger partial charge in [0, 0.05) is 21.3 Å². The van der Waals surface area contributed by atoms with Crippen molar-refractivity contribution in [2.45, 2.75) is 11.8 Å². The SMILES string of the molecule is Cc1ccc(N)cc1S(=O)CC(=O)Nc1cccc(Cl)c1. The second-order valence-electron chi connectivity index (χ2n) is 4.57. The first kappa shape index (κ1) is 15.5. The Labute approximate surface area is 130 Å². The average molecular weight is 323 g/mol. The van der Waals surface area contributed by atoms with Gasteiger partial charge in [-0.1, -0.05) is 23.7 Å². The Hall–Kier alpha value is -1.85. The molecule has 6 heteroatoms. The Balaban J connectivity index is 2.05. The van der Waals surface area contributed by atoms with Crippen LogP contribution in [0.5, 0.6) is 0 Å². The zero-order valence-electron chi connectivity index (χ0n) is 11.4. The van der Waals surface area contributed by atoms with Crippen LogP contribution in [0, 0.1) is 6.92 Å². The lowest BCUT2D eigenvalue weighted by molar-refractivity contribution is -0.113. The van der Waals surface area contributed by atoms with Crippen LogP contribution in [-0.2, 0) is 15.6 Å². The van der Waals surface area contributed by atoms with E-state index in [1.807, 2.05) is 6.92 Å². The normalized spacial score (nSPS) is 11.9. The van der Waals surface area contributed by atoms with Gasteiger partial charge in [0.05, 0.1) is 10.8 Å². The molecule has 0 heterocycles. The van der Waals surface area contributed by atoms with E-state index in [1.165, 1.54) is 0 Å². The van der Waals surface area contributed by atoms with Crippen LogP contribution < -0.4 is 11.1 Å². The summed E-state index contributed by atoms with van der Waals surface area (Å²) in [6, 6.07) is 12.0. The van der Waals surface area contributed by atoms with E-state index in [4.69, 9.17) is 17.3 Å². The van der Waals surface area contributed by atoms with Gasteiger partial charge in [0.1, 0.15) is 5.75 Å². The number of halogens is 1. The van der Waals surface area contributed by atoms with Crippen molar-refractivity contribution in [1.82, 2.24) is 0 Å². The number of aryl methyl sites for hydroxylation is 1. The highest BCUT2D eigenvalue weighted by atomic mass is 35.5. The number of rotatable bonds is 4. The molecule has 0 radical (unpaired) electrons. The number of carbonyl (C=O) groups is 1. The van der Waals surface area contributed by atoms with Gasteiger partial charge in [-0.2, -0.15) is 0 Å². The molecule has 0 saturated heterocycles. The van der Waals surface area contributed by atoms with Gasteiger partial charge in [0.15, 0.2) is 0 Å². The molecule has 0 fully saturated rings. The number of carbonyl (C=O) groups excluding carboxylic acids is 1. The molecule has 0 saturated carbocycles. The largest absolute Gasteiger partial charge is 0.399 e. The molecule has 0 aliphatic rings. The lowest BCUT2D eigenvalue weighted by Gasteiger charge is -2.08. The number of nitrogens with one attached hydrogen (secondary N) is 1. The topological polar surface area (TPSA) is 72.2 Å². The number of anilines is 2. The summed E-state index contributed by atoms with van der Waals surface area (Å²) in [7, 11) is -1.44. The number of nitrogen functional groups attached to an aromatic ring is 1. The van der Waals surface area contributed by atoms with Crippen LogP contribution in [0.3, 0.4) is 0 Å². The summed E-state index contributed by atoms with van der Waals surface area (Å²) < 4.78 is 12.3. The molecule has 3 N–H and O–H groups in total. The zero-order chi connectivity index (χ0) is 15.4. The second-order valence-corrected chi connectivity index (χ2v) is 6.43. The summed E-state index contributed by atoms with van der Waals surface area (Å²) in [5.41, 5.74) is 7.64. The summed E-state index contributed by atoms with van der Waals surface area (Å²) in [5.74, 6) is -0.464. The van der Waals surface area contributed by atoms with Crippen LogP contribution >= 0.6 is 11.6 Å². The standard InChI is InChI=1S/C15H15ClN2O2S/c1-10-5-6-12(17)8-14(10)21(20)9-15(19)18-13-4-2-3-11(16)7-13/h2-8H,9,17H2,1H3,(H,18,19). The monoisotopic (exact) mass is 322 g/mol. The first-order chi connectivity index (χ1) is 9.95. The third-order valence-corrected chi connectivity index (χ3v) is 4.52. The van der Waals surface area contributed by atoms with E-state index in [2.05, 4.69) is 5.32 Å². The molecule has 1 atom stereocenters.